The fourth-order valence-corrected chi connectivity index (χ4v) is 5.32. The van der Waals surface area contributed by atoms with E-state index < -0.39 is 0 Å². The van der Waals surface area contributed by atoms with Crippen molar-refractivity contribution in [1.29, 1.82) is 0 Å². The minimum atomic E-state index is 0.964. The van der Waals surface area contributed by atoms with E-state index in [9.17, 15) is 0 Å². The van der Waals surface area contributed by atoms with Crippen molar-refractivity contribution in [2.45, 2.75) is 19.3 Å². The third-order valence-corrected chi connectivity index (χ3v) is 6.52. The first-order valence-corrected chi connectivity index (χ1v) is 9.95. The van der Waals surface area contributed by atoms with Crippen LogP contribution < -0.4 is 4.90 Å². The van der Waals surface area contributed by atoms with E-state index in [4.69, 9.17) is 0 Å². The minimum absolute atomic E-state index is 0.964. The van der Waals surface area contributed by atoms with Gasteiger partial charge in [-0.15, -0.1) is 0 Å². The first kappa shape index (κ1) is 14.6. The molecule has 0 saturated carbocycles. The molecule has 0 saturated heterocycles. The Labute approximate surface area is 164 Å². The van der Waals surface area contributed by atoms with Crippen molar-refractivity contribution in [3.63, 3.8) is 0 Å². The molecule has 1 aliphatic carbocycles. The van der Waals surface area contributed by atoms with Crippen LogP contribution in [0.1, 0.15) is 33.4 Å². The van der Waals surface area contributed by atoms with Crippen LogP contribution in [0.15, 0.2) is 73.1 Å². The molecule has 0 radical (unpaired) electrons. The van der Waals surface area contributed by atoms with Crippen LogP contribution >= 0.6 is 0 Å². The van der Waals surface area contributed by atoms with Crippen LogP contribution in [0.3, 0.4) is 0 Å². The molecule has 2 heteroatoms. The van der Waals surface area contributed by atoms with E-state index >= 15 is 0 Å². The summed E-state index contributed by atoms with van der Waals surface area (Å²) in [4.78, 5) is 7.05. The average molecular weight is 358 g/mol. The van der Waals surface area contributed by atoms with Crippen LogP contribution in [-0.2, 0) is 19.3 Å². The molecule has 1 aromatic heterocycles. The highest BCUT2D eigenvalue weighted by atomic mass is 15.2. The van der Waals surface area contributed by atoms with E-state index in [1.165, 1.54) is 61.6 Å². The molecule has 3 aliphatic rings. The number of hydrogen-bond donors (Lipinski definition) is 0. The maximum Gasteiger partial charge on any atom is 0.0563 e. The molecule has 0 amide bonds. The zero-order valence-corrected chi connectivity index (χ0v) is 15.4. The summed E-state index contributed by atoms with van der Waals surface area (Å²) < 4.78 is 0. The number of benzene rings is 3. The lowest BCUT2D eigenvalue weighted by molar-refractivity contribution is 0.984. The third kappa shape index (κ3) is 1.80. The molecule has 0 N–H and O–H groups in total. The predicted octanol–water partition coefficient (Wildman–Crippen LogP) is 5.93. The minimum Gasteiger partial charge on any atom is -0.309 e. The van der Waals surface area contributed by atoms with E-state index in [-0.39, 0.29) is 0 Å². The van der Waals surface area contributed by atoms with Gasteiger partial charge in [0.25, 0.3) is 0 Å². The lowest BCUT2D eigenvalue weighted by Gasteiger charge is -2.39. The smallest absolute Gasteiger partial charge is 0.0563 e. The molecule has 7 rings (SSSR count). The SMILES string of the molecule is c1ccc2c(c1)Cc1cc3c(cc1-2)N1c2ccccc2Cc2cncc(c21)C3. The Morgan fingerprint density at radius 1 is 0.571 bits per heavy atom. The molecular formula is C26H18N2. The van der Waals surface area contributed by atoms with Crippen molar-refractivity contribution in [3.8, 4) is 11.1 Å². The summed E-state index contributed by atoms with van der Waals surface area (Å²) in [6, 6.07) is 22.5. The maximum absolute atomic E-state index is 4.56. The highest BCUT2D eigenvalue weighted by molar-refractivity contribution is 5.92. The number of anilines is 3. The fourth-order valence-electron chi connectivity index (χ4n) is 5.32. The van der Waals surface area contributed by atoms with Gasteiger partial charge >= 0.3 is 0 Å². The van der Waals surface area contributed by atoms with Crippen LogP contribution in [0.5, 0.6) is 0 Å². The Hall–Kier alpha value is -3.39. The number of aromatic nitrogens is 1. The summed E-state index contributed by atoms with van der Waals surface area (Å²) >= 11 is 0. The molecule has 0 atom stereocenters. The molecule has 0 bridgehead atoms. The average Bonchev–Trinajstić information content (AvgIpc) is 3.09. The summed E-state index contributed by atoms with van der Waals surface area (Å²) in [7, 11) is 0. The van der Waals surface area contributed by atoms with Crippen LogP contribution in [-0.4, -0.2) is 4.98 Å². The van der Waals surface area contributed by atoms with Crippen LogP contribution in [0.25, 0.3) is 11.1 Å². The van der Waals surface area contributed by atoms with Gasteiger partial charge in [-0.2, -0.15) is 0 Å². The van der Waals surface area contributed by atoms with Crippen molar-refractivity contribution in [1.82, 2.24) is 4.98 Å². The van der Waals surface area contributed by atoms with E-state index in [1.54, 1.807) is 0 Å². The molecule has 3 heterocycles. The number of hydrogen-bond acceptors (Lipinski definition) is 2. The first-order chi connectivity index (χ1) is 13.9. The van der Waals surface area contributed by atoms with Gasteiger partial charge in [0.15, 0.2) is 0 Å². The topological polar surface area (TPSA) is 16.1 Å². The third-order valence-electron chi connectivity index (χ3n) is 6.52. The number of pyridine rings is 1. The van der Waals surface area contributed by atoms with Gasteiger partial charge in [0.2, 0.25) is 0 Å². The van der Waals surface area contributed by atoms with E-state index in [1.807, 2.05) is 0 Å². The predicted molar refractivity (Wildman–Crippen MR) is 113 cm³/mol. The van der Waals surface area contributed by atoms with Crippen molar-refractivity contribution >= 4 is 17.1 Å². The van der Waals surface area contributed by atoms with Gasteiger partial charge in [-0.25, -0.2) is 0 Å². The molecule has 28 heavy (non-hydrogen) atoms. The van der Waals surface area contributed by atoms with Gasteiger partial charge in [-0.3, -0.25) is 4.98 Å². The molecule has 132 valence electrons. The standard InChI is InChI=1S/C26H18N2/c1-3-7-22-16(5-1)9-18-11-19-12-21-15-27-14-20-10-17-6-2-4-8-24(17)28(26(20)21)25(19)13-23(18)22/h1-8,11,13-15H,9-10,12H2. The molecule has 3 aromatic carbocycles. The van der Waals surface area contributed by atoms with Gasteiger partial charge < -0.3 is 4.90 Å². The Kier molecular flexibility index (Phi) is 2.67. The quantitative estimate of drug-likeness (QED) is 0.334. The monoisotopic (exact) mass is 358 g/mol. The molecule has 2 aliphatic heterocycles. The van der Waals surface area contributed by atoms with Crippen LogP contribution in [0, 0.1) is 0 Å². The zero-order chi connectivity index (χ0) is 18.2. The van der Waals surface area contributed by atoms with Gasteiger partial charge in [0.1, 0.15) is 0 Å². The number of para-hydroxylation sites is 1. The highest BCUT2D eigenvalue weighted by Gasteiger charge is 2.33. The Morgan fingerprint density at radius 3 is 2.18 bits per heavy atom. The zero-order valence-electron chi connectivity index (χ0n) is 15.4. The number of nitrogens with zero attached hydrogens (tertiary/aromatic N) is 2. The van der Waals surface area contributed by atoms with Crippen molar-refractivity contribution in [2.24, 2.45) is 0 Å². The molecule has 2 nitrogen and oxygen atoms in total. The van der Waals surface area contributed by atoms with E-state index in [0.717, 1.165) is 19.3 Å². The van der Waals surface area contributed by atoms with Gasteiger partial charge in [0.05, 0.1) is 11.4 Å². The summed E-state index contributed by atoms with van der Waals surface area (Å²) in [6.07, 6.45) is 7.08. The van der Waals surface area contributed by atoms with Crippen molar-refractivity contribution in [2.75, 3.05) is 4.90 Å². The van der Waals surface area contributed by atoms with Gasteiger partial charge in [0, 0.05) is 30.9 Å². The van der Waals surface area contributed by atoms with Crippen molar-refractivity contribution in [3.05, 3.63) is 106 Å². The molecule has 0 fully saturated rings. The molecule has 0 unspecified atom stereocenters. The Balaban J connectivity index is 1.53. The van der Waals surface area contributed by atoms with E-state index in [0.29, 0.717) is 0 Å². The molecule has 4 aromatic rings. The maximum atomic E-state index is 4.56. The van der Waals surface area contributed by atoms with Gasteiger partial charge in [-0.05, 0) is 63.1 Å². The first-order valence-electron chi connectivity index (χ1n) is 9.95. The Bertz CT molecular complexity index is 1300. The summed E-state index contributed by atoms with van der Waals surface area (Å²) in [5, 5.41) is 0. The fraction of sp³-hybridized carbons (Fsp3) is 0.115. The normalized spacial score (nSPS) is 14.6. The van der Waals surface area contributed by atoms with Gasteiger partial charge in [-0.1, -0.05) is 48.5 Å². The largest absolute Gasteiger partial charge is 0.309 e. The van der Waals surface area contributed by atoms with Crippen LogP contribution in [0.4, 0.5) is 17.1 Å². The summed E-state index contributed by atoms with van der Waals surface area (Å²) in [5.74, 6) is 0. The summed E-state index contributed by atoms with van der Waals surface area (Å²) in [5.41, 5.74) is 15.2. The second kappa shape index (κ2) is 5.11. The number of fused-ring (bicyclic) bond motifs is 7. The number of rotatable bonds is 0. The second-order valence-electron chi connectivity index (χ2n) is 8.10. The summed E-state index contributed by atoms with van der Waals surface area (Å²) in [6.45, 7) is 0. The van der Waals surface area contributed by atoms with Crippen LogP contribution in [0.2, 0.25) is 0 Å². The second-order valence-corrected chi connectivity index (χ2v) is 8.10. The lowest BCUT2D eigenvalue weighted by atomic mass is 9.86. The highest BCUT2D eigenvalue weighted by Crippen LogP contribution is 2.52. The molecule has 0 spiro atoms. The molecular weight excluding hydrogens is 340 g/mol. The Morgan fingerprint density at radius 2 is 1.29 bits per heavy atom. The lowest BCUT2D eigenvalue weighted by Crippen LogP contribution is -2.25. The van der Waals surface area contributed by atoms with E-state index in [2.05, 4.69) is 82.9 Å². The van der Waals surface area contributed by atoms with Crippen molar-refractivity contribution < 1.29 is 0 Å².